The monoisotopic (exact) mass is 340 g/mol. The number of aromatic nitrogens is 2. The molecule has 1 aromatic carbocycles. The van der Waals surface area contributed by atoms with Crippen LogP contribution in [0.15, 0.2) is 34.9 Å². The lowest BCUT2D eigenvalue weighted by Gasteiger charge is -2.07. The average Bonchev–Trinajstić information content (AvgIpc) is 2.74. The largest absolute Gasteiger partial charge is 0.292 e. The van der Waals surface area contributed by atoms with Gasteiger partial charge in [0.05, 0.1) is 11.2 Å². The molecule has 0 saturated heterocycles. The maximum Gasteiger partial charge on any atom is 0.186 e. The van der Waals surface area contributed by atoms with Gasteiger partial charge < -0.3 is 0 Å². The van der Waals surface area contributed by atoms with E-state index >= 15 is 0 Å². The summed E-state index contributed by atoms with van der Waals surface area (Å²) in [7, 11) is 0. The fraction of sp³-hybridized carbons (Fsp3) is 0.286. The van der Waals surface area contributed by atoms with Crippen molar-refractivity contribution in [2.45, 2.75) is 26.3 Å². The van der Waals surface area contributed by atoms with Crippen LogP contribution in [0.2, 0.25) is 5.02 Å². The minimum Gasteiger partial charge on any atom is -0.292 e. The molecular formula is C14H14BrClN2O. The number of aryl methyl sites for hydroxylation is 1. The van der Waals surface area contributed by atoms with Crippen molar-refractivity contribution >= 4 is 33.3 Å². The van der Waals surface area contributed by atoms with E-state index in [0.29, 0.717) is 23.7 Å². The molecule has 100 valence electrons. The Hall–Kier alpha value is -1.13. The normalized spacial score (nSPS) is 10.7. The highest BCUT2D eigenvalue weighted by Gasteiger charge is 2.18. The van der Waals surface area contributed by atoms with Gasteiger partial charge in [-0.05, 0) is 18.1 Å². The Morgan fingerprint density at radius 1 is 1.42 bits per heavy atom. The maximum absolute atomic E-state index is 12.4. The number of hydrogen-bond donors (Lipinski definition) is 0. The molecule has 0 aliphatic rings. The standard InChI is InChI=1S/C14H14BrClN2O/c1-2-7-18-14(12(16)9-17-18)13(19)8-10-5-3-4-6-11(10)15/h3-6,9H,2,7-8H2,1H3. The lowest BCUT2D eigenvalue weighted by atomic mass is 10.1. The van der Waals surface area contributed by atoms with Crippen LogP contribution in [0.25, 0.3) is 0 Å². The Morgan fingerprint density at radius 2 is 2.16 bits per heavy atom. The number of carbonyl (C=O) groups excluding carboxylic acids is 1. The smallest absolute Gasteiger partial charge is 0.186 e. The van der Waals surface area contributed by atoms with Crippen LogP contribution in [0.1, 0.15) is 29.4 Å². The van der Waals surface area contributed by atoms with Gasteiger partial charge >= 0.3 is 0 Å². The van der Waals surface area contributed by atoms with E-state index in [0.717, 1.165) is 16.5 Å². The number of ketones is 1. The van der Waals surface area contributed by atoms with Crippen molar-refractivity contribution in [1.29, 1.82) is 0 Å². The van der Waals surface area contributed by atoms with Crippen molar-refractivity contribution in [2.24, 2.45) is 0 Å². The van der Waals surface area contributed by atoms with Gasteiger partial charge in [-0.1, -0.05) is 52.7 Å². The minimum atomic E-state index is -0.0112. The summed E-state index contributed by atoms with van der Waals surface area (Å²) in [6.45, 7) is 2.74. The van der Waals surface area contributed by atoms with Crippen molar-refractivity contribution in [3.8, 4) is 0 Å². The Labute approximate surface area is 125 Å². The first-order valence-corrected chi connectivity index (χ1v) is 7.28. The number of hydrogen-bond acceptors (Lipinski definition) is 2. The first-order chi connectivity index (χ1) is 9.13. The Morgan fingerprint density at radius 3 is 2.84 bits per heavy atom. The zero-order chi connectivity index (χ0) is 13.8. The molecule has 0 saturated carbocycles. The predicted molar refractivity (Wildman–Crippen MR) is 79.7 cm³/mol. The molecule has 0 bridgehead atoms. The summed E-state index contributed by atoms with van der Waals surface area (Å²) in [5.41, 5.74) is 1.45. The quantitative estimate of drug-likeness (QED) is 0.766. The van der Waals surface area contributed by atoms with E-state index in [2.05, 4.69) is 21.0 Å². The first kappa shape index (κ1) is 14.3. The van der Waals surface area contributed by atoms with Gasteiger partial charge in [0.15, 0.2) is 5.78 Å². The van der Waals surface area contributed by atoms with E-state index in [1.165, 1.54) is 6.20 Å². The van der Waals surface area contributed by atoms with Gasteiger partial charge in [0, 0.05) is 17.4 Å². The van der Waals surface area contributed by atoms with Crippen molar-refractivity contribution in [1.82, 2.24) is 9.78 Å². The Kier molecular flexibility index (Phi) is 4.77. The molecule has 19 heavy (non-hydrogen) atoms. The fourth-order valence-corrected chi connectivity index (χ4v) is 2.59. The number of halogens is 2. The lowest BCUT2D eigenvalue weighted by Crippen LogP contribution is -2.13. The highest BCUT2D eigenvalue weighted by atomic mass is 79.9. The summed E-state index contributed by atoms with van der Waals surface area (Å²) in [6.07, 6.45) is 2.76. The topological polar surface area (TPSA) is 34.9 Å². The van der Waals surface area contributed by atoms with Crippen LogP contribution in [-0.4, -0.2) is 15.6 Å². The number of benzene rings is 1. The first-order valence-electron chi connectivity index (χ1n) is 6.11. The molecule has 2 rings (SSSR count). The molecule has 0 amide bonds. The van der Waals surface area contributed by atoms with Crippen LogP contribution in [0.3, 0.4) is 0 Å². The van der Waals surface area contributed by atoms with Crippen LogP contribution < -0.4 is 0 Å². The van der Waals surface area contributed by atoms with E-state index < -0.39 is 0 Å². The van der Waals surface area contributed by atoms with Gasteiger partial charge in [-0.15, -0.1) is 0 Å². The van der Waals surface area contributed by atoms with E-state index in [4.69, 9.17) is 11.6 Å². The molecule has 0 aliphatic heterocycles. The molecule has 0 spiro atoms. The van der Waals surface area contributed by atoms with Gasteiger partial charge in [-0.2, -0.15) is 5.10 Å². The Bertz CT molecular complexity index is 595. The second-order valence-corrected chi connectivity index (χ2v) is 5.52. The van der Waals surface area contributed by atoms with Gasteiger partial charge in [0.2, 0.25) is 0 Å². The lowest BCUT2D eigenvalue weighted by molar-refractivity contribution is 0.0982. The van der Waals surface area contributed by atoms with Crippen molar-refractivity contribution in [3.05, 3.63) is 51.2 Å². The number of rotatable bonds is 5. The average molecular weight is 342 g/mol. The fourth-order valence-electron chi connectivity index (χ4n) is 1.92. The zero-order valence-electron chi connectivity index (χ0n) is 10.6. The molecule has 0 radical (unpaired) electrons. The van der Waals surface area contributed by atoms with Crippen LogP contribution in [-0.2, 0) is 13.0 Å². The van der Waals surface area contributed by atoms with Crippen LogP contribution >= 0.6 is 27.5 Å². The molecule has 1 heterocycles. The summed E-state index contributed by atoms with van der Waals surface area (Å²) >= 11 is 9.51. The van der Waals surface area contributed by atoms with Gasteiger partial charge in [-0.3, -0.25) is 9.48 Å². The predicted octanol–water partition coefficient (Wildman–Crippen LogP) is 4.13. The number of Topliss-reactive ketones (excluding diaryl/α,β-unsaturated/α-hetero) is 1. The maximum atomic E-state index is 12.4. The van der Waals surface area contributed by atoms with Crippen molar-refractivity contribution < 1.29 is 4.79 Å². The molecule has 0 fully saturated rings. The zero-order valence-corrected chi connectivity index (χ0v) is 12.9. The van der Waals surface area contributed by atoms with Crippen molar-refractivity contribution in [2.75, 3.05) is 0 Å². The molecule has 0 atom stereocenters. The number of carbonyl (C=O) groups is 1. The van der Waals surface area contributed by atoms with Gasteiger partial charge in [0.25, 0.3) is 0 Å². The molecular weight excluding hydrogens is 328 g/mol. The molecule has 0 unspecified atom stereocenters. The molecule has 2 aromatic rings. The summed E-state index contributed by atoms with van der Waals surface area (Å²) in [4.78, 5) is 12.4. The van der Waals surface area contributed by atoms with Gasteiger partial charge in [0.1, 0.15) is 5.69 Å². The van der Waals surface area contributed by atoms with E-state index in [9.17, 15) is 4.79 Å². The van der Waals surface area contributed by atoms with Crippen LogP contribution in [0.5, 0.6) is 0 Å². The van der Waals surface area contributed by atoms with Crippen LogP contribution in [0, 0.1) is 0 Å². The third-order valence-electron chi connectivity index (χ3n) is 2.80. The van der Waals surface area contributed by atoms with E-state index in [1.54, 1.807) is 4.68 Å². The molecule has 3 nitrogen and oxygen atoms in total. The molecule has 0 aliphatic carbocycles. The third kappa shape index (κ3) is 3.25. The number of nitrogens with zero attached hydrogens (tertiary/aromatic N) is 2. The van der Waals surface area contributed by atoms with E-state index in [1.807, 2.05) is 31.2 Å². The molecule has 5 heteroatoms. The SMILES string of the molecule is CCCn1ncc(Cl)c1C(=O)Cc1ccccc1Br. The summed E-state index contributed by atoms with van der Waals surface area (Å²) in [5, 5.41) is 4.56. The molecule has 1 aromatic heterocycles. The Balaban J connectivity index is 2.25. The second kappa shape index (κ2) is 6.35. The highest BCUT2D eigenvalue weighted by Crippen LogP contribution is 2.21. The van der Waals surface area contributed by atoms with Crippen LogP contribution in [0.4, 0.5) is 0 Å². The summed E-state index contributed by atoms with van der Waals surface area (Å²) < 4.78 is 2.61. The van der Waals surface area contributed by atoms with E-state index in [-0.39, 0.29) is 5.78 Å². The second-order valence-electron chi connectivity index (χ2n) is 4.26. The highest BCUT2D eigenvalue weighted by molar-refractivity contribution is 9.10. The summed E-state index contributed by atoms with van der Waals surface area (Å²) in [5.74, 6) is -0.0112. The van der Waals surface area contributed by atoms with Gasteiger partial charge in [-0.25, -0.2) is 0 Å². The minimum absolute atomic E-state index is 0.0112. The molecule has 0 N–H and O–H groups in total. The summed E-state index contributed by atoms with van der Waals surface area (Å²) in [6, 6.07) is 7.69. The third-order valence-corrected chi connectivity index (χ3v) is 3.85. The van der Waals surface area contributed by atoms with Crippen molar-refractivity contribution in [3.63, 3.8) is 0 Å².